The van der Waals surface area contributed by atoms with Crippen molar-refractivity contribution < 1.29 is 9.47 Å². The van der Waals surface area contributed by atoms with E-state index in [-0.39, 0.29) is 11.4 Å². The predicted molar refractivity (Wildman–Crippen MR) is 92.4 cm³/mol. The van der Waals surface area contributed by atoms with Crippen molar-refractivity contribution in [3.05, 3.63) is 52.8 Å². The van der Waals surface area contributed by atoms with Gasteiger partial charge >= 0.3 is 0 Å². The molecule has 0 fully saturated rings. The molecule has 0 saturated carbocycles. The lowest BCUT2D eigenvalue weighted by molar-refractivity contribution is 0.339. The van der Waals surface area contributed by atoms with Gasteiger partial charge in [-0.05, 0) is 24.6 Å². The Balaban J connectivity index is 1.93. The summed E-state index contributed by atoms with van der Waals surface area (Å²) in [7, 11) is 1.63. The molecule has 0 aliphatic carbocycles. The monoisotopic (exact) mass is 333 g/mol. The van der Waals surface area contributed by atoms with Crippen molar-refractivity contribution in [3.8, 4) is 11.5 Å². The van der Waals surface area contributed by atoms with E-state index < -0.39 is 0 Å². The lowest BCUT2D eigenvalue weighted by Gasteiger charge is -2.11. The molecule has 0 unspecified atom stereocenters. The summed E-state index contributed by atoms with van der Waals surface area (Å²) in [5.41, 5.74) is 6.29. The number of nitrogen functional groups attached to an aromatic ring is 1. The molecule has 2 aromatic rings. The van der Waals surface area contributed by atoms with Crippen molar-refractivity contribution in [2.75, 3.05) is 25.2 Å². The molecule has 1 heterocycles. The number of nitrogens with two attached hydrogens (primary N) is 1. The number of anilines is 1. The van der Waals surface area contributed by atoms with Gasteiger partial charge in [0.15, 0.2) is 5.16 Å². The normalized spacial score (nSPS) is 10.3. The van der Waals surface area contributed by atoms with E-state index >= 15 is 0 Å². The molecule has 23 heavy (non-hydrogen) atoms. The molecule has 122 valence electrons. The maximum absolute atomic E-state index is 11.3. The number of nitrogens with one attached hydrogen (secondary N) is 1. The SMILES string of the molecule is C=CCc1cc(OC)ccc1OCCSc1nc(N)cc(=O)[nH]1. The fourth-order valence-corrected chi connectivity index (χ4v) is 2.65. The third kappa shape index (κ3) is 5.07. The first-order chi connectivity index (χ1) is 11.1. The van der Waals surface area contributed by atoms with Gasteiger partial charge in [0.05, 0.1) is 13.7 Å². The Morgan fingerprint density at radius 3 is 2.96 bits per heavy atom. The molecule has 1 aromatic carbocycles. The summed E-state index contributed by atoms with van der Waals surface area (Å²) in [6.07, 6.45) is 2.52. The molecule has 0 spiro atoms. The number of nitrogens with zero attached hydrogens (tertiary/aromatic N) is 1. The maximum Gasteiger partial charge on any atom is 0.253 e. The molecule has 0 radical (unpaired) electrons. The van der Waals surface area contributed by atoms with Gasteiger partial charge in [0, 0.05) is 17.4 Å². The molecule has 7 heteroatoms. The number of ether oxygens (including phenoxy) is 2. The van der Waals surface area contributed by atoms with Gasteiger partial charge < -0.3 is 20.2 Å². The zero-order chi connectivity index (χ0) is 16.7. The van der Waals surface area contributed by atoms with E-state index in [9.17, 15) is 4.79 Å². The minimum atomic E-state index is -0.260. The highest BCUT2D eigenvalue weighted by Crippen LogP contribution is 2.25. The molecular formula is C16H19N3O3S. The van der Waals surface area contributed by atoms with Crippen LogP contribution in [0, 0.1) is 0 Å². The quantitative estimate of drug-likeness (QED) is 0.333. The van der Waals surface area contributed by atoms with Crippen LogP contribution in [0.25, 0.3) is 0 Å². The van der Waals surface area contributed by atoms with Crippen LogP contribution in [0.3, 0.4) is 0 Å². The van der Waals surface area contributed by atoms with Crippen LogP contribution in [0.2, 0.25) is 0 Å². The zero-order valence-electron chi connectivity index (χ0n) is 12.9. The van der Waals surface area contributed by atoms with Gasteiger partial charge in [-0.25, -0.2) is 4.98 Å². The number of aromatic amines is 1. The van der Waals surface area contributed by atoms with Crippen molar-refractivity contribution in [1.29, 1.82) is 0 Å². The lowest BCUT2D eigenvalue weighted by Crippen LogP contribution is -2.10. The summed E-state index contributed by atoms with van der Waals surface area (Å²) in [5.74, 6) is 2.41. The molecule has 0 bridgehead atoms. The number of aromatic nitrogens is 2. The van der Waals surface area contributed by atoms with Gasteiger partial charge in [-0.15, -0.1) is 6.58 Å². The summed E-state index contributed by atoms with van der Waals surface area (Å²) in [6.45, 7) is 4.22. The average molecular weight is 333 g/mol. The molecule has 3 N–H and O–H groups in total. The van der Waals surface area contributed by atoms with E-state index in [1.54, 1.807) is 7.11 Å². The predicted octanol–water partition coefficient (Wildman–Crippen LogP) is 2.26. The number of hydrogen-bond donors (Lipinski definition) is 2. The van der Waals surface area contributed by atoms with E-state index in [1.807, 2.05) is 24.3 Å². The highest BCUT2D eigenvalue weighted by atomic mass is 32.2. The van der Waals surface area contributed by atoms with E-state index in [0.29, 0.717) is 23.9 Å². The first-order valence-corrected chi connectivity index (χ1v) is 8.01. The first kappa shape index (κ1) is 17.0. The molecule has 0 aliphatic heterocycles. The van der Waals surface area contributed by atoms with Crippen LogP contribution in [0.1, 0.15) is 5.56 Å². The number of benzene rings is 1. The van der Waals surface area contributed by atoms with Crippen LogP contribution in [0.15, 0.2) is 46.9 Å². The Kier molecular flexibility index (Phi) is 6.10. The minimum Gasteiger partial charge on any atom is -0.497 e. The maximum atomic E-state index is 11.3. The van der Waals surface area contributed by atoms with E-state index in [4.69, 9.17) is 15.2 Å². The number of thioether (sulfide) groups is 1. The van der Waals surface area contributed by atoms with Gasteiger partial charge in [-0.2, -0.15) is 0 Å². The molecule has 6 nitrogen and oxygen atoms in total. The number of methoxy groups -OCH3 is 1. The standard InChI is InChI=1S/C16H19N3O3S/c1-3-4-11-9-12(21-2)5-6-13(11)22-7-8-23-16-18-14(17)10-15(20)19-16/h3,5-6,9-10H,1,4,7-8H2,2H3,(H3,17,18,19,20). The fourth-order valence-electron chi connectivity index (χ4n) is 1.95. The largest absolute Gasteiger partial charge is 0.497 e. The van der Waals surface area contributed by atoms with Crippen molar-refractivity contribution in [2.24, 2.45) is 0 Å². The third-order valence-corrected chi connectivity index (χ3v) is 3.79. The molecular weight excluding hydrogens is 314 g/mol. The van der Waals surface area contributed by atoms with Gasteiger partial charge in [0.2, 0.25) is 0 Å². The Labute approximate surface area is 138 Å². The zero-order valence-corrected chi connectivity index (χ0v) is 13.7. The second-order valence-corrected chi connectivity index (χ2v) is 5.72. The summed E-state index contributed by atoms with van der Waals surface area (Å²) in [4.78, 5) is 18.0. The molecule has 0 atom stereocenters. The number of H-pyrrole nitrogens is 1. The van der Waals surface area contributed by atoms with Gasteiger partial charge in [0.1, 0.15) is 17.3 Å². The third-order valence-electron chi connectivity index (χ3n) is 2.95. The topological polar surface area (TPSA) is 90.2 Å². The van der Waals surface area contributed by atoms with Crippen molar-refractivity contribution in [3.63, 3.8) is 0 Å². The van der Waals surface area contributed by atoms with E-state index in [2.05, 4.69) is 16.5 Å². The number of rotatable bonds is 8. The molecule has 2 rings (SSSR count). The Morgan fingerprint density at radius 2 is 2.26 bits per heavy atom. The fraction of sp³-hybridized carbons (Fsp3) is 0.250. The highest BCUT2D eigenvalue weighted by molar-refractivity contribution is 7.99. The van der Waals surface area contributed by atoms with Gasteiger partial charge in [-0.1, -0.05) is 17.8 Å². The Bertz CT molecular complexity index is 731. The van der Waals surface area contributed by atoms with E-state index in [0.717, 1.165) is 17.1 Å². The van der Waals surface area contributed by atoms with Crippen LogP contribution in [-0.2, 0) is 6.42 Å². The van der Waals surface area contributed by atoms with Crippen LogP contribution in [-0.4, -0.2) is 29.4 Å². The molecule has 0 amide bonds. The number of allylic oxidation sites excluding steroid dienone is 1. The Morgan fingerprint density at radius 1 is 1.43 bits per heavy atom. The van der Waals surface area contributed by atoms with Crippen molar-refractivity contribution >= 4 is 17.6 Å². The summed E-state index contributed by atoms with van der Waals surface area (Å²) < 4.78 is 11.0. The summed E-state index contributed by atoms with van der Waals surface area (Å²) in [6, 6.07) is 6.91. The van der Waals surface area contributed by atoms with Crippen molar-refractivity contribution in [1.82, 2.24) is 9.97 Å². The average Bonchev–Trinajstić information content (AvgIpc) is 2.52. The second kappa shape index (κ2) is 8.28. The molecule has 0 aliphatic rings. The number of hydrogen-bond acceptors (Lipinski definition) is 6. The molecule has 0 saturated heterocycles. The summed E-state index contributed by atoms with van der Waals surface area (Å²) >= 11 is 1.38. The van der Waals surface area contributed by atoms with Gasteiger partial charge in [0.25, 0.3) is 5.56 Å². The van der Waals surface area contributed by atoms with E-state index in [1.165, 1.54) is 17.8 Å². The van der Waals surface area contributed by atoms with Crippen molar-refractivity contribution in [2.45, 2.75) is 11.6 Å². The van der Waals surface area contributed by atoms with Crippen LogP contribution < -0.4 is 20.8 Å². The van der Waals surface area contributed by atoms with Crippen LogP contribution >= 0.6 is 11.8 Å². The smallest absolute Gasteiger partial charge is 0.253 e. The molecule has 1 aromatic heterocycles. The first-order valence-electron chi connectivity index (χ1n) is 7.02. The minimum absolute atomic E-state index is 0.209. The lowest BCUT2D eigenvalue weighted by atomic mass is 10.1. The summed E-state index contributed by atoms with van der Waals surface area (Å²) in [5, 5.41) is 0.486. The van der Waals surface area contributed by atoms with Crippen LogP contribution in [0.4, 0.5) is 5.82 Å². The Hall–Kier alpha value is -2.41. The second-order valence-electron chi connectivity index (χ2n) is 4.64. The highest BCUT2D eigenvalue weighted by Gasteiger charge is 2.05. The van der Waals surface area contributed by atoms with Crippen LogP contribution in [0.5, 0.6) is 11.5 Å². The van der Waals surface area contributed by atoms with Gasteiger partial charge in [-0.3, -0.25) is 4.79 Å².